The average Bonchev–Trinajstić information content (AvgIpc) is 2.76. The van der Waals surface area contributed by atoms with Gasteiger partial charge in [-0.25, -0.2) is 0 Å². The van der Waals surface area contributed by atoms with Crippen molar-refractivity contribution in [2.75, 3.05) is 0 Å². The smallest absolute Gasteiger partial charge is 0.310 e. The van der Waals surface area contributed by atoms with E-state index in [1.165, 1.54) is 0 Å². The second-order valence-electron chi connectivity index (χ2n) is 7.99. The van der Waals surface area contributed by atoms with E-state index in [0.29, 0.717) is 30.0 Å². The Morgan fingerprint density at radius 3 is 2.62 bits per heavy atom. The molecular weight excluding hydrogens is 264 g/mol. The molecule has 0 aromatic heterocycles. The van der Waals surface area contributed by atoms with Crippen molar-refractivity contribution in [3.05, 3.63) is 11.8 Å². The molecule has 4 aliphatic rings. The molecule has 114 valence electrons. The van der Waals surface area contributed by atoms with E-state index in [1.807, 2.05) is 0 Å². The van der Waals surface area contributed by atoms with E-state index in [1.54, 1.807) is 0 Å². The van der Waals surface area contributed by atoms with Crippen LogP contribution in [0.25, 0.3) is 0 Å². The van der Waals surface area contributed by atoms with Crippen molar-refractivity contribution < 1.29 is 14.3 Å². The Kier molecular flexibility index (Phi) is 2.71. The van der Waals surface area contributed by atoms with Crippen LogP contribution in [0.4, 0.5) is 0 Å². The molecule has 1 saturated heterocycles. The zero-order valence-electron chi connectivity index (χ0n) is 13.0. The highest BCUT2D eigenvalue weighted by Crippen LogP contribution is 2.63. The van der Waals surface area contributed by atoms with Crippen LogP contribution in [-0.2, 0) is 14.3 Å². The highest BCUT2D eigenvalue weighted by Gasteiger charge is 2.59. The van der Waals surface area contributed by atoms with Crippen molar-refractivity contribution in [3.63, 3.8) is 0 Å². The van der Waals surface area contributed by atoms with Gasteiger partial charge in [0.2, 0.25) is 0 Å². The summed E-state index contributed by atoms with van der Waals surface area (Å²) in [4.78, 5) is 23.9. The van der Waals surface area contributed by atoms with Gasteiger partial charge in [-0.2, -0.15) is 0 Å². The van der Waals surface area contributed by atoms with Gasteiger partial charge in [-0.05, 0) is 55.9 Å². The fourth-order valence-electron chi connectivity index (χ4n) is 5.84. The molecule has 0 radical (unpaired) electrons. The molecule has 2 saturated carbocycles. The maximum absolute atomic E-state index is 12.3. The van der Waals surface area contributed by atoms with Gasteiger partial charge in [0.25, 0.3) is 0 Å². The minimum Gasteiger partial charge on any atom is -0.431 e. The van der Waals surface area contributed by atoms with Gasteiger partial charge in [-0.15, -0.1) is 0 Å². The lowest BCUT2D eigenvalue weighted by Gasteiger charge is -2.55. The van der Waals surface area contributed by atoms with Gasteiger partial charge in [0.15, 0.2) is 0 Å². The van der Waals surface area contributed by atoms with Crippen molar-refractivity contribution in [3.8, 4) is 0 Å². The standard InChI is InChI=1S/C18H24O3/c1-17-9-7-13-11(12(17)4-5-14(17)19)3-6-15-18(13,2)10-8-16(20)21-15/h6,11-13H,3-5,7-10H2,1-2H3. The molecule has 0 aromatic rings. The topological polar surface area (TPSA) is 43.4 Å². The first-order valence-corrected chi connectivity index (χ1v) is 8.40. The van der Waals surface area contributed by atoms with Gasteiger partial charge < -0.3 is 4.74 Å². The summed E-state index contributed by atoms with van der Waals surface area (Å²) in [7, 11) is 0. The molecule has 4 rings (SSSR count). The van der Waals surface area contributed by atoms with Crippen LogP contribution in [0.3, 0.4) is 0 Å². The SMILES string of the molecule is CC12CCC3C(CC=C4OC(=O)CCC43C)C1CCC2=O. The number of hydrogen-bond acceptors (Lipinski definition) is 3. The molecule has 3 fully saturated rings. The second kappa shape index (κ2) is 4.21. The summed E-state index contributed by atoms with van der Waals surface area (Å²) < 4.78 is 5.56. The monoisotopic (exact) mass is 288 g/mol. The molecule has 0 amide bonds. The van der Waals surface area contributed by atoms with E-state index in [0.717, 1.165) is 44.3 Å². The first-order chi connectivity index (χ1) is 9.95. The third-order valence-corrected chi connectivity index (χ3v) is 7.18. The highest BCUT2D eigenvalue weighted by atomic mass is 16.5. The number of carbonyl (C=O) groups is 2. The van der Waals surface area contributed by atoms with Crippen molar-refractivity contribution in [1.29, 1.82) is 0 Å². The van der Waals surface area contributed by atoms with E-state index in [4.69, 9.17) is 4.74 Å². The summed E-state index contributed by atoms with van der Waals surface area (Å²) in [5.74, 6) is 3.05. The van der Waals surface area contributed by atoms with Crippen molar-refractivity contribution >= 4 is 11.8 Å². The molecule has 0 aromatic carbocycles. The van der Waals surface area contributed by atoms with E-state index in [9.17, 15) is 9.59 Å². The maximum atomic E-state index is 12.3. The lowest BCUT2D eigenvalue weighted by Crippen LogP contribution is -2.50. The summed E-state index contributed by atoms with van der Waals surface area (Å²) in [6.45, 7) is 4.48. The number of rotatable bonds is 0. The predicted octanol–water partition coefficient (Wildman–Crippen LogP) is 3.63. The molecule has 1 aliphatic heterocycles. The van der Waals surface area contributed by atoms with Gasteiger partial charge in [-0.1, -0.05) is 13.8 Å². The van der Waals surface area contributed by atoms with E-state index in [-0.39, 0.29) is 16.8 Å². The van der Waals surface area contributed by atoms with Crippen LogP contribution in [-0.4, -0.2) is 11.8 Å². The molecule has 5 unspecified atom stereocenters. The molecule has 1 heterocycles. The van der Waals surface area contributed by atoms with Gasteiger partial charge in [0.1, 0.15) is 11.5 Å². The van der Waals surface area contributed by atoms with Crippen molar-refractivity contribution in [2.24, 2.45) is 28.6 Å². The van der Waals surface area contributed by atoms with Crippen LogP contribution >= 0.6 is 0 Å². The summed E-state index contributed by atoms with van der Waals surface area (Å²) >= 11 is 0. The summed E-state index contributed by atoms with van der Waals surface area (Å²) in [5.41, 5.74) is -0.0575. The lowest BCUT2D eigenvalue weighted by atomic mass is 9.50. The Hall–Kier alpha value is -1.12. The number of hydrogen-bond donors (Lipinski definition) is 0. The summed E-state index contributed by atoms with van der Waals surface area (Å²) in [5, 5.41) is 0. The molecule has 3 nitrogen and oxygen atoms in total. The Bertz CT molecular complexity index is 549. The van der Waals surface area contributed by atoms with E-state index < -0.39 is 0 Å². The third-order valence-electron chi connectivity index (χ3n) is 7.18. The van der Waals surface area contributed by atoms with Crippen molar-refractivity contribution in [1.82, 2.24) is 0 Å². The quantitative estimate of drug-likeness (QED) is 0.639. The van der Waals surface area contributed by atoms with Crippen LogP contribution in [0.5, 0.6) is 0 Å². The molecule has 0 spiro atoms. The Balaban J connectivity index is 1.71. The Morgan fingerprint density at radius 1 is 1.05 bits per heavy atom. The normalized spacial score (nSPS) is 48.9. The Labute approximate surface area is 126 Å². The Morgan fingerprint density at radius 2 is 1.81 bits per heavy atom. The number of esters is 1. The van der Waals surface area contributed by atoms with Crippen LogP contribution in [0.2, 0.25) is 0 Å². The predicted molar refractivity (Wildman–Crippen MR) is 78.2 cm³/mol. The second-order valence-corrected chi connectivity index (χ2v) is 7.99. The molecule has 21 heavy (non-hydrogen) atoms. The number of carbonyl (C=O) groups excluding carboxylic acids is 2. The van der Waals surface area contributed by atoms with E-state index in [2.05, 4.69) is 19.9 Å². The van der Waals surface area contributed by atoms with Gasteiger partial charge in [0, 0.05) is 23.7 Å². The van der Waals surface area contributed by atoms with Crippen LogP contribution < -0.4 is 0 Å². The zero-order chi connectivity index (χ0) is 14.8. The third kappa shape index (κ3) is 1.66. The largest absolute Gasteiger partial charge is 0.431 e. The number of ketones is 1. The molecule has 3 aliphatic carbocycles. The van der Waals surface area contributed by atoms with Gasteiger partial charge in [-0.3, -0.25) is 9.59 Å². The van der Waals surface area contributed by atoms with Crippen LogP contribution in [0.1, 0.15) is 58.8 Å². The fraction of sp³-hybridized carbons (Fsp3) is 0.778. The fourth-order valence-corrected chi connectivity index (χ4v) is 5.84. The number of fused-ring (bicyclic) bond motifs is 5. The first kappa shape index (κ1) is 13.5. The van der Waals surface area contributed by atoms with Gasteiger partial charge in [0.05, 0.1) is 0 Å². The molecule has 5 atom stereocenters. The average molecular weight is 288 g/mol. The molecular formula is C18H24O3. The molecule has 0 N–H and O–H groups in total. The van der Waals surface area contributed by atoms with E-state index >= 15 is 0 Å². The summed E-state index contributed by atoms with van der Waals surface area (Å²) in [6.07, 6.45) is 8.56. The van der Waals surface area contributed by atoms with Gasteiger partial charge >= 0.3 is 5.97 Å². The molecule has 3 heteroatoms. The number of allylic oxidation sites excluding steroid dienone is 2. The highest BCUT2D eigenvalue weighted by molar-refractivity contribution is 5.87. The maximum Gasteiger partial charge on any atom is 0.310 e. The minimum absolute atomic E-state index is 0.0177. The number of Topliss-reactive ketones (excluding diaryl/α,β-unsaturated/α-hetero) is 1. The van der Waals surface area contributed by atoms with Crippen molar-refractivity contribution in [2.45, 2.75) is 58.8 Å². The first-order valence-electron chi connectivity index (χ1n) is 8.40. The molecule has 0 bridgehead atoms. The minimum atomic E-state index is -0.0752. The van der Waals surface area contributed by atoms with Crippen LogP contribution in [0, 0.1) is 28.6 Å². The zero-order valence-corrected chi connectivity index (χ0v) is 13.0. The summed E-state index contributed by atoms with van der Waals surface area (Å²) in [6, 6.07) is 0. The lowest BCUT2D eigenvalue weighted by molar-refractivity contribution is -0.152. The number of ether oxygens (including phenoxy) is 1. The van der Waals surface area contributed by atoms with Crippen LogP contribution in [0.15, 0.2) is 11.8 Å².